The molecule has 212 valence electrons. The first-order valence-corrected chi connectivity index (χ1v) is 14.8. The molecule has 2 aromatic heterocycles. The molecule has 2 nitrogen and oxygen atoms in total. The molecule has 0 unspecified atom stereocenters. The number of nitrogens with zero attached hydrogens (tertiary/aromatic N) is 2. The monoisotopic (exact) mass is 583 g/mol. The zero-order valence-corrected chi connectivity index (χ0v) is 24.3. The third-order valence-corrected chi connectivity index (χ3v) is 8.56. The van der Waals surface area contributed by atoms with Gasteiger partial charge in [-0.2, -0.15) is 0 Å². The maximum atomic E-state index is 9.00. The molecule has 0 aliphatic heterocycles. The van der Waals surface area contributed by atoms with E-state index in [0.717, 1.165) is 60.4 Å². The average molecular weight is 584 g/mol. The number of rotatable bonds is 4. The Kier molecular flexibility index (Phi) is 4.06. The average Bonchev–Trinajstić information content (AvgIpc) is 3.71. The molecule has 0 radical (unpaired) electrons. The number of para-hydroxylation sites is 2. The molecule has 2 heterocycles. The number of aromatic nitrogens is 2. The molecule has 0 amide bonds. The van der Waals surface area contributed by atoms with Gasteiger partial charge in [0.05, 0.1) is 34.4 Å². The highest BCUT2D eigenvalue weighted by atomic mass is 15.0. The Morgan fingerprint density at radius 2 is 0.933 bits per heavy atom. The van der Waals surface area contributed by atoms with Crippen LogP contribution in [0.1, 0.15) is 17.9 Å². The molecule has 0 N–H and O–H groups in total. The largest absolute Gasteiger partial charge is 0.309 e. The maximum Gasteiger partial charge on any atom is 0.0648 e. The molecule has 9 rings (SSSR count). The molecule has 0 aliphatic rings. The quantitative estimate of drug-likeness (QED) is 0.195. The van der Waals surface area contributed by atoms with Crippen molar-refractivity contribution in [3.63, 3.8) is 0 Å². The van der Waals surface area contributed by atoms with Crippen molar-refractivity contribution in [2.24, 2.45) is 0 Å². The molecule has 0 atom stereocenters. The molecule has 2 heteroatoms. The third-order valence-electron chi connectivity index (χ3n) is 8.56. The van der Waals surface area contributed by atoms with E-state index in [-0.39, 0.29) is 53.9 Å². The number of hydrogen-bond acceptors (Lipinski definition) is 0. The van der Waals surface area contributed by atoms with Crippen molar-refractivity contribution in [2.75, 3.05) is 0 Å². The van der Waals surface area contributed by atoms with E-state index >= 15 is 0 Å². The summed E-state index contributed by atoms with van der Waals surface area (Å²) in [5.41, 5.74) is 7.83. The van der Waals surface area contributed by atoms with Crippen LogP contribution in [0.25, 0.3) is 77.2 Å². The second kappa shape index (κ2) is 10.1. The molecule has 0 saturated heterocycles. The summed E-state index contributed by atoms with van der Waals surface area (Å²) in [6.45, 7) is 1.66. The van der Waals surface area contributed by atoms with E-state index in [0.29, 0.717) is 16.8 Å². The fourth-order valence-corrected chi connectivity index (χ4v) is 6.60. The summed E-state index contributed by atoms with van der Waals surface area (Å²) < 4.78 is 79.6. The molecule has 0 fully saturated rings. The van der Waals surface area contributed by atoms with Crippen molar-refractivity contribution in [1.29, 1.82) is 0 Å². The van der Waals surface area contributed by atoms with Crippen LogP contribution >= 0.6 is 0 Å². The van der Waals surface area contributed by atoms with Crippen molar-refractivity contribution >= 4 is 43.6 Å². The van der Waals surface area contributed by atoms with Gasteiger partial charge in [0.1, 0.15) is 0 Å². The van der Waals surface area contributed by atoms with Gasteiger partial charge < -0.3 is 9.13 Å². The van der Waals surface area contributed by atoms with Gasteiger partial charge in [-0.25, -0.2) is 0 Å². The summed E-state index contributed by atoms with van der Waals surface area (Å²) in [5, 5.41) is 4.01. The van der Waals surface area contributed by atoms with Gasteiger partial charge in [-0.15, -0.1) is 0 Å². The topological polar surface area (TPSA) is 9.86 Å². The SMILES string of the molecule is [2H]c1c([2H])c([2H])c(-c2ccc(-c3ccc(-n4c5ccccc5c5c6c7ccccc7n(-c7c([2H])c([2H])c([2H])c(C)c7[2H])c6ccc54)cc3)cc2)c([2H])c1[2H]. The normalized spacial score (nSPS) is 14.5. The molecule has 7 aromatic carbocycles. The summed E-state index contributed by atoms with van der Waals surface area (Å²) in [4.78, 5) is 0. The van der Waals surface area contributed by atoms with Gasteiger partial charge in [0.2, 0.25) is 0 Å². The lowest BCUT2D eigenvalue weighted by Gasteiger charge is -2.11. The van der Waals surface area contributed by atoms with Crippen LogP contribution in [0.4, 0.5) is 0 Å². The number of hydrogen-bond donors (Lipinski definition) is 0. The Morgan fingerprint density at radius 3 is 1.53 bits per heavy atom. The Labute approximate surface area is 274 Å². The van der Waals surface area contributed by atoms with Crippen LogP contribution in [0.15, 0.2) is 164 Å². The third kappa shape index (κ3) is 4.03. The summed E-state index contributed by atoms with van der Waals surface area (Å²) in [6, 6.07) is 33.9. The first-order chi connectivity index (χ1) is 26.0. The van der Waals surface area contributed by atoms with Gasteiger partial charge in [0.25, 0.3) is 0 Å². The van der Waals surface area contributed by atoms with Gasteiger partial charge >= 0.3 is 0 Å². The fraction of sp³-hybridized carbons (Fsp3) is 0.0233. The predicted molar refractivity (Wildman–Crippen MR) is 191 cm³/mol. The minimum atomic E-state index is -0.412. The zero-order valence-electron chi connectivity index (χ0n) is 33.3. The lowest BCUT2D eigenvalue weighted by atomic mass is 10.0. The lowest BCUT2D eigenvalue weighted by Crippen LogP contribution is -1.95. The van der Waals surface area contributed by atoms with Crippen LogP contribution in [-0.4, -0.2) is 9.13 Å². The number of fused-ring (bicyclic) bond motifs is 7. The molecule has 0 spiro atoms. The highest BCUT2D eigenvalue weighted by Crippen LogP contribution is 2.42. The van der Waals surface area contributed by atoms with E-state index in [1.54, 1.807) is 19.1 Å². The predicted octanol–water partition coefficient (Wildman–Crippen LogP) is 11.5. The van der Waals surface area contributed by atoms with Crippen molar-refractivity contribution in [3.8, 4) is 33.6 Å². The van der Waals surface area contributed by atoms with Gasteiger partial charge in [0, 0.05) is 32.9 Å². The van der Waals surface area contributed by atoms with Crippen LogP contribution in [0, 0.1) is 6.92 Å². The molecule has 0 saturated carbocycles. The smallest absolute Gasteiger partial charge is 0.0648 e. The van der Waals surface area contributed by atoms with Gasteiger partial charge in [0.15, 0.2) is 0 Å². The van der Waals surface area contributed by atoms with Crippen molar-refractivity contribution < 1.29 is 12.3 Å². The minimum absolute atomic E-state index is 0.0648. The zero-order chi connectivity index (χ0) is 37.7. The molecule has 9 aromatic rings. The van der Waals surface area contributed by atoms with E-state index in [9.17, 15) is 0 Å². The van der Waals surface area contributed by atoms with Gasteiger partial charge in [-0.3, -0.25) is 0 Å². The van der Waals surface area contributed by atoms with Crippen LogP contribution in [0.2, 0.25) is 0 Å². The molecular weight excluding hydrogens is 544 g/mol. The number of benzene rings is 7. The van der Waals surface area contributed by atoms with Crippen molar-refractivity contribution in [1.82, 2.24) is 9.13 Å². The first-order valence-electron chi connectivity index (χ1n) is 19.3. The van der Waals surface area contributed by atoms with E-state index in [1.165, 1.54) is 0 Å². The van der Waals surface area contributed by atoms with E-state index in [4.69, 9.17) is 12.3 Å². The summed E-state index contributed by atoms with van der Waals surface area (Å²) in [5.74, 6) is 0. The Bertz CT molecular complexity index is 2970. The van der Waals surface area contributed by atoms with Crippen molar-refractivity contribution in [3.05, 3.63) is 169 Å². The van der Waals surface area contributed by atoms with Crippen LogP contribution in [0.5, 0.6) is 0 Å². The standard InChI is InChI=1S/C43H30N2/c1-29-10-9-13-35(28-29)45-39-17-8-6-15-37(39)43-41(45)27-26-40-42(43)36-14-5-7-16-38(36)44(40)34-24-22-33(23-25-34)32-20-18-31(19-21-32)30-11-3-2-4-12-30/h2-28H,1H3/i2D,3D,4D,9D,10D,11D,12D,13D,28D. The summed E-state index contributed by atoms with van der Waals surface area (Å²) in [6.07, 6.45) is 0. The fourth-order valence-electron chi connectivity index (χ4n) is 6.60. The van der Waals surface area contributed by atoms with Crippen molar-refractivity contribution in [2.45, 2.75) is 6.92 Å². The molecule has 0 bridgehead atoms. The second-order valence-electron chi connectivity index (χ2n) is 11.2. The Balaban J connectivity index is 1.20. The highest BCUT2D eigenvalue weighted by molar-refractivity contribution is 6.28. The highest BCUT2D eigenvalue weighted by Gasteiger charge is 2.20. The van der Waals surface area contributed by atoms with Crippen LogP contribution < -0.4 is 0 Å². The van der Waals surface area contributed by atoms with Crippen LogP contribution in [0.3, 0.4) is 0 Å². The molecule has 0 aliphatic carbocycles. The minimum Gasteiger partial charge on any atom is -0.309 e. The lowest BCUT2D eigenvalue weighted by molar-refractivity contribution is 1.17. The van der Waals surface area contributed by atoms with Gasteiger partial charge in [-0.1, -0.05) is 115 Å². The Morgan fingerprint density at radius 1 is 0.422 bits per heavy atom. The van der Waals surface area contributed by atoms with E-state index in [2.05, 4.69) is 41.0 Å². The van der Waals surface area contributed by atoms with E-state index in [1.807, 2.05) is 65.2 Å². The second-order valence-corrected chi connectivity index (χ2v) is 11.2. The van der Waals surface area contributed by atoms with Crippen LogP contribution in [-0.2, 0) is 0 Å². The molecule has 45 heavy (non-hydrogen) atoms. The van der Waals surface area contributed by atoms with Gasteiger partial charge in [-0.05, 0) is 83.2 Å². The summed E-state index contributed by atoms with van der Waals surface area (Å²) in [7, 11) is 0. The Hall–Kier alpha value is -5.86. The molecular formula is C43H30N2. The maximum absolute atomic E-state index is 9.00. The van der Waals surface area contributed by atoms with E-state index < -0.39 is 6.04 Å². The summed E-state index contributed by atoms with van der Waals surface area (Å²) >= 11 is 0. The first kappa shape index (κ1) is 18.1.